The molecule has 0 saturated heterocycles. The van der Waals surface area contributed by atoms with E-state index < -0.39 is 11.8 Å². The van der Waals surface area contributed by atoms with E-state index in [0.717, 1.165) is 25.7 Å². The summed E-state index contributed by atoms with van der Waals surface area (Å²) in [4.78, 5) is 26.0. The number of carbonyl (C=O) groups excluding carboxylic acids is 2. The SMILES string of the molecule is CC(C)OC(=O)[C@@H]1[C@@H](C(=O)OC(C)C)C2(C(C)C)CCC1(C)CC2. The number of rotatable bonds is 5. The van der Waals surface area contributed by atoms with Crippen LogP contribution in [-0.4, -0.2) is 24.1 Å². The van der Waals surface area contributed by atoms with Crippen LogP contribution < -0.4 is 0 Å². The lowest BCUT2D eigenvalue weighted by Crippen LogP contribution is -2.61. The van der Waals surface area contributed by atoms with Gasteiger partial charge < -0.3 is 9.47 Å². The number of carbonyl (C=O) groups is 2. The quantitative estimate of drug-likeness (QED) is 0.699. The van der Waals surface area contributed by atoms with Gasteiger partial charge in [0.1, 0.15) is 0 Å². The molecule has 3 saturated carbocycles. The third-order valence-electron chi connectivity index (χ3n) is 6.39. The summed E-state index contributed by atoms with van der Waals surface area (Å²) >= 11 is 0. The molecule has 0 aromatic heterocycles. The van der Waals surface area contributed by atoms with Crippen LogP contribution >= 0.6 is 0 Å². The molecule has 0 aliphatic heterocycles. The first kappa shape index (κ1) is 19.3. The first-order valence-corrected chi connectivity index (χ1v) is 9.44. The molecule has 0 N–H and O–H groups in total. The van der Waals surface area contributed by atoms with E-state index in [0.29, 0.717) is 5.92 Å². The Kier molecular flexibility index (Phi) is 5.37. The molecule has 0 radical (unpaired) electrons. The summed E-state index contributed by atoms with van der Waals surface area (Å²) in [5.74, 6) is -0.881. The molecule has 3 rings (SSSR count). The molecular weight excluding hydrogens is 304 g/mol. The van der Waals surface area contributed by atoms with Crippen LogP contribution in [0.1, 0.15) is 74.1 Å². The Bertz CT molecular complexity index is 484. The molecule has 3 aliphatic rings. The van der Waals surface area contributed by atoms with Crippen molar-refractivity contribution in [3.05, 3.63) is 0 Å². The number of hydrogen-bond acceptors (Lipinski definition) is 4. The molecular formula is C20H34O4. The molecule has 2 bridgehead atoms. The Hall–Kier alpha value is -1.06. The Balaban J connectivity index is 2.46. The number of ether oxygens (including phenoxy) is 2. The van der Waals surface area contributed by atoms with Gasteiger partial charge in [0.2, 0.25) is 0 Å². The van der Waals surface area contributed by atoms with Crippen molar-refractivity contribution < 1.29 is 19.1 Å². The Morgan fingerprint density at radius 1 is 0.792 bits per heavy atom. The van der Waals surface area contributed by atoms with Crippen LogP contribution in [0.25, 0.3) is 0 Å². The van der Waals surface area contributed by atoms with Crippen LogP contribution in [-0.2, 0) is 19.1 Å². The maximum absolute atomic E-state index is 13.0. The normalized spacial score (nSPS) is 35.6. The van der Waals surface area contributed by atoms with Gasteiger partial charge in [0, 0.05) is 0 Å². The lowest BCUT2D eigenvalue weighted by molar-refractivity contribution is -0.203. The summed E-state index contributed by atoms with van der Waals surface area (Å²) < 4.78 is 11.2. The second-order valence-corrected chi connectivity index (χ2v) is 8.97. The van der Waals surface area contributed by atoms with Crippen molar-refractivity contribution in [2.75, 3.05) is 0 Å². The predicted octanol–water partition coefficient (Wildman–Crippen LogP) is 4.36. The highest BCUT2D eigenvalue weighted by molar-refractivity contribution is 5.84. The highest BCUT2D eigenvalue weighted by Crippen LogP contribution is 2.65. The molecule has 0 spiro atoms. The average Bonchev–Trinajstić information content (AvgIpc) is 2.44. The molecule has 0 aromatic rings. The van der Waals surface area contributed by atoms with Gasteiger partial charge in [-0.2, -0.15) is 0 Å². The second-order valence-electron chi connectivity index (χ2n) is 8.97. The lowest BCUT2D eigenvalue weighted by Gasteiger charge is -2.61. The van der Waals surface area contributed by atoms with Crippen molar-refractivity contribution in [3.63, 3.8) is 0 Å². The highest BCUT2D eigenvalue weighted by Gasteiger charge is 2.65. The van der Waals surface area contributed by atoms with E-state index in [-0.39, 0.29) is 35.0 Å². The summed E-state index contributed by atoms with van der Waals surface area (Å²) in [6.07, 6.45) is 3.60. The van der Waals surface area contributed by atoms with Crippen LogP contribution in [0.3, 0.4) is 0 Å². The second kappa shape index (κ2) is 6.68. The molecule has 3 aliphatic carbocycles. The fraction of sp³-hybridized carbons (Fsp3) is 0.900. The van der Waals surface area contributed by atoms with Crippen LogP contribution in [0.5, 0.6) is 0 Å². The lowest BCUT2D eigenvalue weighted by atomic mass is 9.42. The minimum absolute atomic E-state index is 0.148. The van der Waals surface area contributed by atoms with Crippen LogP contribution in [0.2, 0.25) is 0 Å². The van der Waals surface area contributed by atoms with Crippen LogP contribution in [0, 0.1) is 28.6 Å². The minimum Gasteiger partial charge on any atom is -0.463 e. The first-order chi connectivity index (χ1) is 11.0. The minimum atomic E-state index is -0.393. The van der Waals surface area contributed by atoms with Crippen molar-refractivity contribution in [1.82, 2.24) is 0 Å². The number of esters is 2. The fourth-order valence-electron chi connectivity index (χ4n) is 4.98. The molecule has 0 unspecified atom stereocenters. The topological polar surface area (TPSA) is 52.6 Å². The zero-order valence-electron chi connectivity index (χ0n) is 16.3. The number of hydrogen-bond donors (Lipinski definition) is 0. The Morgan fingerprint density at radius 2 is 1.21 bits per heavy atom. The van der Waals surface area contributed by atoms with Gasteiger partial charge in [-0.25, -0.2) is 0 Å². The summed E-state index contributed by atoms with van der Waals surface area (Å²) in [5.41, 5.74) is -0.312. The van der Waals surface area contributed by atoms with E-state index in [9.17, 15) is 9.59 Å². The van der Waals surface area contributed by atoms with Crippen molar-refractivity contribution in [2.24, 2.45) is 28.6 Å². The third kappa shape index (κ3) is 3.21. The molecule has 138 valence electrons. The maximum atomic E-state index is 13.0. The first-order valence-electron chi connectivity index (χ1n) is 9.44. The molecule has 4 nitrogen and oxygen atoms in total. The Morgan fingerprint density at radius 3 is 1.58 bits per heavy atom. The molecule has 0 heterocycles. The van der Waals surface area contributed by atoms with Gasteiger partial charge in [-0.1, -0.05) is 20.8 Å². The van der Waals surface area contributed by atoms with Crippen molar-refractivity contribution in [2.45, 2.75) is 86.4 Å². The van der Waals surface area contributed by atoms with E-state index in [1.165, 1.54) is 0 Å². The summed E-state index contributed by atoms with van der Waals surface area (Å²) in [6, 6.07) is 0. The Labute approximate surface area is 146 Å². The largest absolute Gasteiger partial charge is 0.463 e. The van der Waals surface area contributed by atoms with E-state index in [4.69, 9.17) is 9.47 Å². The van der Waals surface area contributed by atoms with E-state index in [2.05, 4.69) is 20.8 Å². The van der Waals surface area contributed by atoms with Gasteiger partial charge in [-0.15, -0.1) is 0 Å². The van der Waals surface area contributed by atoms with Crippen molar-refractivity contribution in [3.8, 4) is 0 Å². The van der Waals surface area contributed by atoms with E-state index in [1.807, 2.05) is 27.7 Å². The summed E-state index contributed by atoms with van der Waals surface area (Å²) in [7, 11) is 0. The molecule has 0 aromatic carbocycles. The van der Waals surface area contributed by atoms with Crippen LogP contribution in [0.4, 0.5) is 0 Å². The maximum Gasteiger partial charge on any atom is 0.310 e. The van der Waals surface area contributed by atoms with Gasteiger partial charge >= 0.3 is 11.9 Å². The highest BCUT2D eigenvalue weighted by atomic mass is 16.6. The third-order valence-corrected chi connectivity index (χ3v) is 6.39. The van der Waals surface area contributed by atoms with Crippen molar-refractivity contribution in [1.29, 1.82) is 0 Å². The van der Waals surface area contributed by atoms with Gasteiger partial charge in [0.05, 0.1) is 24.0 Å². The molecule has 24 heavy (non-hydrogen) atoms. The fourth-order valence-corrected chi connectivity index (χ4v) is 4.98. The van der Waals surface area contributed by atoms with Gasteiger partial charge in [0.25, 0.3) is 0 Å². The van der Waals surface area contributed by atoms with Gasteiger partial charge in [0.15, 0.2) is 0 Å². The summed E-state index contributed by atoms with van der Waals surface area (Å²) in [5, 5.41) is 0. The predicted molar refractivity (Wildman–Crippen MR) is 93.3 cm³/mol. The molecule has 0 amide bonds. The van der Waals surface area contributed by atoms with Crippen LogP contribution in [0.15, 0.2) is 0 Å². The molecule has 3 fully saturated rings. The van der Waals surface area contributed by atoms with Crippen molar-refractivity contribution >= 4 is 11.9 Å². The summed E-state index contributed by atoms with van der Waals surface area (Å²) in [6.45, 7) is 14.0. The average molecular weight is 338 g/mol. The van der Waals surface area contributed by atoms with E-state index >= 15 is 0 Å². The standard InChI is InChI=1S/C20H34O4/c1-12(2)20-10-8-19(7,9-11-20)15(17(21)23-13(3)4)16(20)18(22)24-14(5)6/h12-16H,8-11H2,1-7H3/t15-,16-,19?,20?/m0/s1. The van der Waals surface area contributed by atoms with Gasteiger partial charge in [-0.05, 0) is 70.1 Å². The number of fused-ring (bicyclic) bond motifs is 3. The smallest absolute Gasteiger partial charge is 0.310 e. The van der Waals surface area contributed by atoms with Gasteiger partial charge in [-0.3, -0.25) is 9.59 Å². The molecule has 4 heteroatoms. The van der Waals surface area contributed by atoms with E-state index in [1.54, 1.807) is 0 Å². The zero-order valence-corrected chi connectivity index (χ0v) is 16.3. The monoisotopic (exact) mass is 338 g/mol. The zero-order chi connectivity index (χ0) is 18.3. The molecule has 2 atom stereocenters.